The molecule has 0 aromatic carbocycles. The molecule has 0 bridgehead atoms. The van der Waals surface area contributed by atoms with Crippen molar-refractivity contribution >= 4 is 11.3 Å². The monoisotopic (exact) mass is 282 g/mol. The minimum atomic E-state index is -4.43. The van der Waals surface area contributed by atoms with Crippen LogP contribution in [0.15, 0.2) is 6.20 Å². The van der Waals surface area contributed by atoms with Crippen molar-refractivity contribution in [3.05, 3.63) is 16.1 Å². The molecule has 1 aromatic rings. The van der Waals surface area contributed by atoms with Gasteiger partial charge < -0.3 is 10.0 Å². The predicted octanol–water partition coefficient (Wildman–Crippen LogP) is 2.93. The highest BCUT2D eigenvalue weighted by Crippen LogP contribution is 2.34. The summed E-state index contributed by atoms with van der Waals surface area (Å²) in [4.78, 5) is 5.67. The van der Waals surface area contributed by atoms with Crippen LogP contribution >= 0.6 is 11.3 Å². The van der Waals surface area contributed by atoms with Crippen molar-refractivity contribution < 1.29 is 18.3 Å². The first-order valence-corrected chi connectivity index (χ1v) is 6.63. The second-order valence-electron chi connectivity index (χ2n) is 3.90. The summed E-state index contributed by atoms with van der Waals surface area (Å²) in [7, 11) is 0. The van der Waals surface area contributed by atoms with E-state index >= 15 is 0 Å². The van der Waals surface area contributed by atoms with Crippen molar-refractivity contribution in [1.82, 2.24) is 9.88 Å². The summed E-state index contributed by atoms with van der Waals surface area (Å²) in [5.74, 6) is 0. The Morgan fingerprint density at radius 1 is 1.39 bits per heavy atom. The molecule has 0 fully saturated rings. The average Bonchev–Trinajstić information content (AvgIpc) is 2.79. The molecule has 0 saturated carbocycles. The largest absolute Gasteiger partial charge is 0.443 e. The Morgan fingerprint density at radius 3 is 2.44 bits per heavy atom. The van der Waals surface area contributed by atoms with Gasteiger partial charge >= 0.3 is 6.18 Å². The lowest BCUT2D eigenvalue weighted by atomic mass is 10.2. The SMILES string of the molecule is CCN(CC)CCC(O)c1cnc(C(F)(F)F)s1. The van der Waals surface area contributed by atoms with Gasteiger partial charge in [0.1, 0.15) is 0 Å². The number of aliphatic hydroxyl groups is 1. The highest BCUT2D eigenvalue weighted by molar-refractivity contribution is 7.11. The maximum atomic E-state index is 12.3. The highest BCUT2D eigenvalue weighted by atomic mass is 32.1. The molecule has 1 N–H and O–H groups in total. The van der Waals surface area contributed by atoms with Gasteiger partial charge in [-0.05, 0) is 19.5 Å². The van der Waals surface area contributed by atoms with Gasteiger partial charge in [0, 0.05) is 12.7 Å². The second-order valence-corrected chi connectivity index (χ2v) is 4.96. The van der Waals surface area contributed by atoms with Gasteiger partial charge in [-0.25, -0.2) is 4.98 Å². The average molecular weight is 282 g/mol. The summed E-state index contributed by atoms with van der Waals surface area (Å²) in [6.07, 6.45) is -3.78. The molecule has 0 spiro atoms. The molecule has 1 rings (SSSR count). The van der Waals surface area contributed by atoms with Crippen molar-refractivity contribution in [2.75, 3.05) is 19.6 Å². The number of halogens is 3. The predicted molar refractivity (Wildman–Crippen MR) is 64.5 cm³/mol. The normalized spacial score (nSPS) is 14.2. The molecule has 1 heterocycles. The maximum absolute atomic E-state index is 12.3. The summed E-state index contributed by atoms with van der Waals surface area (Å²) in [6.45, 7) is 6.39. The standard InChI is InChI=1S/C11H17F3N2OS/c1-3-16(4-2)6-5-8(17)9-7-15-10(18-9)11(12,13)14/h7-8,17H,3-6H2,1-2H3. The topological polar surface area (TPSA) is 36.4 Å². The van der Waals surface area contributed by atoms with Crippen LogP contribution in [0.4, 0.5) is 13.2 Å². The molecule has 1 unspecified atom stereocenters. The lowest BCUT2D eigenvalue weighted by Crippen LogP contribution is -2.25. The number of hydrogen-bond acceptors (Lipinski definition) is 4. The molecule has 3 nitrogen and oxygen atoms in total. The van der Waals surface area contributed by atoms with Crippen molar-refractivity contribution in [2.24, 2.45) is 0 Å². The molecule has 0 aliphatic heterocycles. The van der Waals surface area contributed by atoms with E-state index < -0.39 is 17.3 Å². The van der Waals surface area contributed by atoms with Gasteiger partial charge in [-0.1, -0.05) is 13.8 Å². The number of aliphatic hydroxyl groups excluding tert-OH is 1. The van der Waals surface area contributed by atoms with Gasteiger partial charge in [0.05, 0.1) is 11.0 Å². The van der Waals surface area contributed by atoms with E-state index in [9.17, 15) is 18.3 Å². The number of thiazole rings is 1. The lowest BCUT2D eigenvalue weighted by Gasteiger charge is -2.19. The zero-order valence-corrected chi connectivity index (χ0v) is 11.2. The summed E-state index contributed by atoms with van der Waals surface area (Å²) < 4.78 is 37.0. The Labute approximate surface area is 108 Å². The van der Waals surface area contributed by atoms with E-state index in [-0.39, 0.29) is 4.88 Å². The minimum absolute atomic E-state index is 0.273. The van der Waals surface area contributed by atoms with Gasteiger partial charge in [0.15, 0.2) is 5.01 Å². The van der Waals surface area contributed by atoms with E-state index in [4.69, 9.17) is 0 Å². The number of rotatable bonds is 6. The summed E-state index contributed by atoms with van der Waals surface area (Å²) >= 11 is 0.510. The minimum Gasteiger partial charge on any atom is -0.387 e. The van der Waals surface area contributed by atoms with Crippen LogP contribution in [0.1, 0.15) is 36.3 Å². The van der Waals surface area contributed by atoms with Gasteiger partial charge in [0.25, 0.3) is 0 Å². The third kappa shape index (κ3) is 4.22. The molecule has 18 heavy (non-hydrogen) atoms. The van der Waals surface area contributed by atoms with Crippen LogP contribution in [0.5, 0.6) is 0 Å². The second kappa shape index (κ2) is 6.49. The van der Waals surface area contributed by atoms with Crippen LogP contribution in [-0.4, -0.2) is 34.6 Å². The van der Waals surface area contributed by atoms with Gasteiger partial charge in [0.2, 0.25) is 0 Å². The Hall–Kier alpha value is -0.660. The molecule has 1 atom stereocenters. The number of nitrogens with zero attached hydrogens (tertiary/aromatic N) is 2. The molecule has 7 heteroatoms. The highest BCUT2D eigenvalue weighted by Gasteiger charge is 2.35. The Balaban J connectivity index is 2.57. The van der Waals surface area contributed by atoms with Crippen LogP contribution in [0, 0.1) is 0 Å². The van der Waals surface area contributed by atoms with E-state index in [1.54, 1.807) is 0 Å². The van der Waals surface area contributed by atoms with Gasteiger partial charge in [-0.15, -0.1) is 11.3 Å². The third-order valence-electron chi connectivity index (χ3n) is 2.71. The first kappa shape index (κ1) is 15.4. The van der Waals surface area contributed by atoms with Crippen molar-refractivity contribution in [3.8, 4) is 0 Å². The fraction of sp³-hybridized carbons (Fsp3) is 0.727. The molecule has 0 saturated heterocycles. The molecule has 1 aromatic heterocycles. The van der Waals surface area contributed by atoms with E-state index in [0.29, 0.717) is 24.3 Å². The molecular formula is C11H17F3N2OS. The van der Waals surface area contributed by atoms with Crippen LogP contribution in [-0.2, 0) is 6.18 Å². The van der Waals surface area contributed by atoms with Crippen LogP contribution < -0.4 is 0 Å². The molecule has 0 radical (unpaired) electrons. The summed E-state index contributed by atoms with van der Waals surface area (Å²) in [5, 5.41) is 8.91. The fourth-order valence-corrected chi connectivity index (χ4v) is 2.36. The van der Waals surface area contributed by atoms with Crippen LogP contribution in [0.2, 0.25) is 0 Å². The number of hydrogen-bond donors (Lipinski definition) is 1. The van der Waals surface area contributed by atoms with Crippen LogP contribution in [0.3, 0.4) is 0 Å². The zero-order valence-electron chi connectivity index (χ0n) is 10.4. The van der Waals surface area contributed by atoms with Crippen LogP contribution in [0.25, 0.3) is 0 Å². The van der Waals surface area contributed by atoms with E-state index in [2.05, 4.69) is 9.88 Å². The number of aromatic nitrogens is 1. The molecule has 0 aliphatic rings. The quantitative estimate of drug-likeness (QED) is 0.871. The van der Waals surface area contributed by atoms with Gasteiger partial charge in [-0.2, -0.15) is 13.2 Å². The summed E-state index contributed by atoms with van der Waals surface area (Å²) in [6, 6.07) is 0. The fourth-order valence-electron chi connectivity index (χ4n) is 1.56. The van der Waals surface area contributed by atoms with Crippen molar-refractivity contribution in [1.29, 1.82) is 0 Å². The Kier molecular flexibility index (Phi) is 5.55. The lowest BCUT2D eigenvalue weighted by molar-refractivity contribution is -0.137. The summed E-state index contributed by atoms with van der Waals surface area (Å²) in [5.41, 5.74) is 0. The molecule has 104 valence electrons. The Bertz CT molecular complexity index is 363. The smallest absolute Gasteiger partial charge is 0.387 e. The Morgan fingerprint density at radius 2 is 2.00 bits per heavy atom. The maximum Gasteiger partial charge on any atom is 0.443 e. The van der Waals surface area contributed by atoms with Crippen molar-refractivity contribution in [3.63, 3.8) is 0 Å². The zero-order chi connectivity index (χ0) is 13.8. The first-order chi connectivity index (χ1) is 8.38. The van der Waals surface area contributed by atoms with E-state index in [1.165, 1.54) is 0 Å². The molecule has 0 aliphatic carbocycles. The first-order valence-electron chi connectivity index (χ1n) is 5.81. The number of alkyl halides is 3. The van der Waals surface area contributed by atoms with Crippen molar-refractivity contribution in [2.45, 2.75) is 32.5 Å². The molecule has 0 amide bonds. The van der Waals surface area contributed by atoms with E-state index in [1.807, 2.05) is 13.8 Å². The van der Waals surface area contributed by atoms with E-state index in [0.717, 1.165) is 19.3 Å². The molecular weight excluding hydrogens is 265 g/mol. The third-order valence-corrected chi connectivity index (χ3v) is 3.85. The van der Waals surface area contributed by atoms with Gasteiger partial charge in [-0.3, -0.25) is 0 Å².